The number of carbonyl (C=O) groups is 2. The van der Waals surface area contributed by atoms with Crippen molar-refractivity contribution in [1.29, 1.82) is 0 Å². The van der Waals surface area contributed by atoms with Gasteiger partial charge < -0.3 is 4.74 Å². The van der Waals surface area contributed by atoms with E-state index in [4.69, 9.17) is 0 Å². The second kappa shape index (κ2) is 5.07. The minimum Gasteiger partial charge on any atom is -0.404 e. The van der Waals surface area contributed by atoms with Gasteiger partial charge in [-0.3, -0.25) is 9.59 Å². The largest absolute Gasteiger partial charge is 0.573 e. The number of imide groups is 1. The van der Waals surface area contributed by atoms with Gasteiger partial charge in [-0.05, 0) is 12.1 Å². The van der Waals surface area contributed by atoms with Crippen molar-refractivity contribution in [3.63, 3.8) is 0 Å². The van der Waals surface area contributed by atoms with Crippen molar-refractivity contribution < 1.29 is 27.5 Å². The van der Waals surface area contributed by atoms with Crippen molar-refractivity contribution in [3.05, 3.63) is 24.3 Å². The Kier molecular flexibility index (Phi) is 3.95. The molecule has 0 aromatic heterocycles. The van der Waals surface area contributed by atoms with Crippen LogP contribution in [0.25, 0.3) is 0 Å². The zero-order chi connectivity index (χ0) is 13.9. The number of para-hydroxylation sites is 2. The monoisotopic (exact) mass is 261 g/mol. The van der Waals surface area contributed by atoms with Crippen molar-refractivity contribution in [1.82, 2.24) is 0 Å². The number of halogens is 3. The van der Waals surface area contributed by atoms with E-state index in [-0.39, 0.29) is 5.69 Å². The molecule has 0 spiro atoms. The van der Waals surface area contributed by atoms with Crippen LogP contribution in [0.4, 0.5) is 18.9 Å². The topological polar surface area (TPSA) is 46.6 Å². The second-order valence-electron chi connectivity index (χ2n) is 3.39. The average molecular weight is 261 g/mol. The van der Waals surface area contributed by atoms with Gasteiger partial charge in [0.05, 0.1) is 5.69 Å². The van der Waals surface area contributed by atoms with E-state index in [2.05, 4.69) is 4.74 Å². The standard InChI is InChI=1S/C11H10F3NO3/c1-7(16)15(8(2)17)9-5-3-4-6-10(9)18-11(12,13)14/h3-6H,1-2H3. The molecule has 0 bridgehead atoms. The van der Waals surface area contributed by atoms with Crippen LogP contribution in [0.1, 0.15) is 13.8 Å². The molecule has 0 aliphatic heterocycles. The fraction of sp³-hybridized carbons (Fsp3) is 0.273. The number of amides is 2. The number of hydrogen-bond donors (Lipinski definition) is 0. The van der Waals surface area contributed by atoms with Crippen LogP contribution in [0.15, 0.2) is 24.3 Å². The number of benzene rings is 1. The maximum atomic E-state index is 12.2. The van der Waals surface area contributed by atoms with Crippen molar-refractivity contribution in [3.8, 4) is 5.75 Å². The van der Waals surface area contributed by atoms with E-state index >= 15 is 0 Å². The van der Waals surface area contributed by atoms with Crippen LogP contribution in [-0.2, 0) is 9.59 Å². The van der Waals surface area contributed by atoms with Crippen molar-refractivity contribution in [2.75, 3.05) is 4.90 Å². The zero-order valence-electron chi connectivity index (χ0n) is 9.62. The molecule has 1 aromatic rings. The minimum absolute atomic E-state index is 0.241. The number of anilines is 1. The normalized spacial score (nSPS) is 10.9. The summed E-state index contributed by atoms with van der Waals surface area (Å²) in [6.45, 7) is 2.15. The van der Waals surface area contributed by atoms with Gasteiger partial charge in [-0.15, -0.1) is 13.2 Å². The molecular weight excluding hydrogens is 251 g/mol. The summed E-state index contributed by atoms with van der Waals surface area (Å²) in [5.74, 6) is -1.99. The molecule has 0 heterocycles. The summed E-state index contributed by atoms with van der Waals surface area (Å²) in [6.07, 6.45) is -4.89. The molecular formula is C11H10F3NO3. The van der Waals surface area contributed by atoms with Gasteiger partial charge in [-0.2, -0.15) is 0 Å². The molecule has 18 heavy (non-hydrogen) atoms. The lowest BCUT2D eigenvalue weighted by Crippen LogP contribution is -2.34. The molecule has 0 N–H and O–H groups in total. The number of nitrogens with zero attached hydrogens (tertiary/aromatic N) is 1. The fourth-order valence-corrected chi connectivity index (χ4v) is 1.41. The Labute approximate surface area is 101 Å². The Bertz CT molecular complexity index is 457. The first-order chi connectivity index (χ1) is 8.22. The molecule has 0 fully saturated rings. The zero-order valence-corrected chi connectivity index (χ0v) is 9.62. The van der Waals surface area contributed by atoms with E-state index < -0.39 is 23.9 Å². The predicted molar refractivity (Wildman–Crippen MR) is 57.0 cm³/mol. The lowest BCUT2D eigenvalue weighted by Gasteiger charge is -2.21. The highest BCUT2D eigenvalue weighted by molar-refractivity contribution is 6.14. The van der Waals surface area contributed by atoms with E-state index in [1.54, 1.807) is 0 Å². The van der Waals surface area contributed by atoms with Crippen molar-refractivity contribution in [2.45, 2.75) is 20.2 Å². The Morgan fingerprint density at radius 2 is 1.61 bits per heavy atom. The second-order valence-corrected chi connectivity index (χ2v) is 3.39. The van der Waals surface area contributed by atoms with Gasteiger partial charge in [-0.25, -0.2) is 4.90 Å². The maximum Gasteiger partial charge on any atom is 0.573 e. The third-order valence-corrected chi connectivity index (χ3v) is 1.96. The van der Waals surface area contributed by atoms with Gasteiger partial charge >= 0.3 is 6.36 Å². The van der Waals surface area contributed by atoms with Crippen LogP contribution in [0, 0.1) is 0 Å². The highest BCUT2D eigenvalue weighted by Crippen LogP contribution is 2.32. The molecule has 0 atom stereocenters. The molecule has 98 valence electrons. The summed E-state index contributed by atoms with van der Waals surface area (Å²) in [5.41, 5.74) is -0.241. The van der Waals surface area contributed by atoms with E-state index in [0.29, 0.717) is 4.90 Å². The molecule has 2 amide bonds. The lowest BCUT2D eigenvalue weighted by molar-refractivity contribution is -0.274. The Morgan fingerprint density at radius 3 is 2.06 bits per heavy atom. The fourth-order valence-electron chi connectivity index (χ4n) is 1.41. The van der Waals surface area contributed by atoms with Crippen LogP contribution < -0.4 is 9.64 Å². The van der Waals surface area contributed by atoms with Gasteiger partial charge in [0.25, 0.3) is 0 Å². The van der Waals surface area contributed by atoms with Gasteiger partial charge in [0.1, 0.15) is 0 Å². The Balaban J connectivity index is 3.23. The molecule has 0 saturated heterocycles. The van der Waals surface area contributed by atoms with Crippen LogP contribution in [0.5, 0.6) is 5.75 Å². The summed E-state index contributed by atoms with van der Waals surface area (Å²) < 4.78 is 40.3. The highest BCUT2D eigenvalue weighted by atomic mass is 19.4. The average Bonchev–Trinajstić information content (AvgIpc) is 2.17. The van der Waals surface area contributed by atoms with Crippen LogP contribution in [0.3, 0.4) is 0 Å². The molecule has 1 aromatic carbocycles. The van der Waals surface area contributed by atoms with Crippen LogP contribution >= 0.6 is 0 Å². The van der Waals surface area contributed by atoms with E-state index in [1.165, 1.54) is 18.2 Å². The number of carbonyl (C=O) groups excluding carboxylic acids is 2. The number of hydrogen-bond acceptors (Lipinski definition) is 3. The number of alkyl halides is 3. The van der Waals surface area contributed by atoms with Crippen molar-refractivity contribution >= 4 is 17.5 Å². The maximum absolute atomic E-state index is 12.2. The van der Waals surface area contributed by atoms with E-state index in [0.717, 1.165) is 19.9 Å². The first-order valence-corrected chi connectivity index (χ1v) is 4.88. The van der Waals surface area contributed by atoms with Crippen LogP contribution in [-0.4, -0.2) is 18.2 Å². The first-order valence-electron chi connectivity index (χ1n) is 4.88. The SMILES string of the molecule is CC(=O)N(C(C)=O)c1ccccc1OC(F)(F)F. The summed E-state index contributed by atoms with van der Waals surface area (Å²) in [5, 5.41) is 0. The lowest BCUT2D eigenvalue weighted by atomic mass is 10.2. The molecule has 1 rings (SSSR count). The van der Waals surface area contributed by atoms with E-state index in [1.807, 2.05) is 0 Å². The van der Waals surface area contributed by atoms with Gasteiger partial charge in [0.15, 0.2) is 5.75 Å². The predicted octanol–water partition coefficient (Wildman–Crippen LogP) is 2.48. The highest BCUT2D eigenvalue weighted by Gasteiger charge is 2.33. The smallest absolute Gasteiger partial charge is 0.404 e. The molecule has 0 aliphatic carbocycles. The molecule has 0 radical (unpaired) electrons. The Hall–Kier alpha value is -2.05. The van der Waals surface area contributed by atoms with Gasteiger partial charge in [0, 0.05) is 13.8 Å². The van der Waals surface area contributed by atoms with Gasteiger partial charge in [0.2, 0.25) is 11.8 Å². The molecule has 4 nitrogen and oxygen atoms in total. The summed E-state index contributed by atoms with van der Waals surface area (Å²) in [6, 6.07) is 4.94. The number of rotatable bonds is 2. The molecule has 7 heteroatoms. The summed E-state index contributed by atoms with van der Waals surface area (Å²) in [4.78, 5) is 23.2. The Morgan fingerprint density at radius 1 is 1.11 bits per heavy atom. The number of ether oxygens (including phenoxy) is 1. The quantitative estimate of drug-likeness (QED) is 0.821. The molecule has 0 aliphatic rings. The minimum atomic E-state index is -4.89. The van der Waals surface area contributed by atoms with Crippen molar-refractivity contribution in [2.24, 2.45) is 0 Å². The van der Waals surface area contributed by atoms with E-state index in [9.17, 15) is 22.8 Å². The van der Waals surface area contributed by atoms with Crippen LogP contribution in [0.2, 0.25) is 0 Å². The third-order valence-electron chi connectivity index (χ3n) is 1.96. The molecule has 0 saturated carbocycles. The summed E-state index contributed by atoms with van der Waals surface area (Å²) in [7, 11) is 0. The van der Waals surface area contributed by atoms with Gasteiger partial charge in [-0.1, -0.05) is 12.1 Å². The molecule has 0 unspecified atom stereocenters. The first kappa shape index (κ1) is 14.0. The third kappa shape index (κ3) is 3.47. The summed E-state index contributed by atoms with van der Waals surface area (Å²) >= 11 is 0.